The van der Waals surface area contributed by atoms with E-state index in [2.05, 4.69) is 23.3 Å². The fraction of sp³-hybridized carbons (Fsp3) is 0.217. The summed E-state index contributed by atoms with van der Waals surface area (Å²) >= 11 is 0. The second-order valence-corrected chi connectivity index (χ2v) is 7.17. The summed E-state index contributed by atoms with van der Waals surface area (Å²) in [4.78, 5) is 0. The number of aromatic nitrogens is 2. The molecule has 3 aromatic rings. The van der Waals surface area contributed by atoms with Crippen molar-refractivity contribution in [3.63, 3.8) is 0 Å². The molecule has 0 aliphatic heterocycles. The van der Waals surface area contributed by atoms with E-state index in [0.717, 1.165) is 47.5 Å². The van der Waals surface area contributed by atoms with E-state index in [1.165, 1.54) is 0 Å². The number of hydrogen-bond donors (Lipinski definition) is 1. The standard InChI is InChI=1S/C23H23N5/c1-2-7-18-10-11-19(23(17-24)12-6-13-23)14-22(18)28(25)21-15-26-27(16-21)20-8-4-3-5-9-20/h2-5,7-11,14-16H,6,12-13,25H2,1H3/b7-2-. The number of hydrogen-bond acceptors (Lipinski definition) is 4. The Hall–Kier alpha value is -3.36. The van der Waals surface area contributed by atoms with Gasteiger partial charge in [0.25, 0.3) is 0 Å². The van der Waals surface area contributed by atoms with E-state index in [0.29, 0.717) is 0 Å². The van der Waals surface area contributed by atoms with Crippen LogP contribution in [-0.4, -0.2) is 9.78 Å². The van der Waals surface area contributed by atoms with Gasteiger partial charge >= 0.3 is 0 Å². The second-order valence-electron chi connectivity index (χ2n) is 7.17. The van der Waals surface area contributed by atoms with E-state index in [1.54, 1.807) is 15.9 Å². The largest absolute Gasteiger partial charge is 0.276 e. The summed E-state index contributed by atoms with van der Waals surface area (Å²) in [5, 5.41) is 15.8. The van der Waals surface area contributed by atoms with Gasteiger partial charge in [-0.25, -0.2) is 10.5 Å². The third-order valence-electron chi connectivity index (χ3n) is 5.48. The van der Waals surface area contributed by atoms with E-state index < -0.39 is 0 Å². The molecule has 140 valence electrons. The highest BCUT2D eigenvalue weighted by Gasteiger charge is 2.39. The molecule has 4 rings (SSSR count). The summed E-state index contributed by atoms with van der Waals surface area (Å²) in [6, 6.07) is 18.6. The molecular formula is C23H23N5. The Morgan fingerprint density at radius 3 is 2.64 bits per heavy atom. The van der Waals surface area contributed by atoms with Gasteiger partial charge in [0.2, 0.25) is 0 Å². The van der Waals surface area contributed by atoms with Crippen molar-refractivity contribution in [2.45, 2.75) is 31.6 Å². The van der Waals surface area contributed by atoms with Gasteiger partial charge in [0.1, 0.15) is 0 Å². The SMILES string of the molecule is C/C=C\c1ccc(C2(C#N)CCC2)cc1N(N)c1cnn(-c2ccccc2)c1. The molecule has 1 aromatic heterocycles. The van der Waals surface area contributed by atoms with Gasteiger partial charge in [-0.1, -0.05) is 42.5 Å². The normalized spacial score (nSPS) is 15.2. The van der Waals surface area contributed by atoms with Crippen molar-refractivity contribution in [3.8, 4) is 11.8 Å². The molecule has 5 nitrogen and oxygen atoms in total. The van der Waals surface area contributed by atoms with Gasteiger partial charge in [-0.2, -0.15) is 10.4 Å². The Bertz CT molecular complexity index is 1040. The molecule has 2 N–H and O–H groups in total. The van der Waals surface area contributed by atoms with E-state index in [9.17, 15) is 5.26 Å². The van der Waals surface area contributed by atoms with Crippen molar-refractivity contribution in [1.82, 2.24) is 9.78 Å². The molecule has 0 saturated heterocycles. The van der Waals surface area contributed by atoms with Crippen molar-refractivity contribution in [2.75, 3.05) is 5.01 Å². The third-order valence-corrected chi connectivity index (χ3v) is 5.48. The van der Waals surface area contributed by atoms with Crippen LogP contribution in [0.2, 0.25) is 0 Å². The molecule has 1 heterocycles. The molecule has 1 aliphatic carbocycles. The molecule has 0 spiro atoms. The molecule has 1 fully saturated rings. The average molecular weight is 369 g/mol. The molecule has 0 bridgehead atoms. The molecule has 1 saturated carbocycles. The lowest BCUT2D eigenvalue weighted by atomic mass is 9.65. The predicted octanol–water partition coefficient (Wildman–Crippen LogP) is 4.86. The maximum atomic E-state index is 9.72. The third kappa shape index (κ3) is 3.08. The number of nitrogens with two attached hydrogens (primary N) is 1. The zero-order valence-corrected chi connectivity index (χ0v) is 15.9. The van der Waals surface area contributed by atoms with E-state index in [4.69, 9.17) is 5.84 Å². The topological polar surface area (TPSA) is 70.9 Å². The van der Waals surface area contributed by atoms with Crippen LogP contribution in [0.15, 0.2) is 67.0 Å². The highest BCUT2D eigenvalue weighted by atomic mass is 15.4. The molecule has 5 heteroatoms. The van der Waals surface area contributed by atoms with Crippen LogP contribution >= 0.6 is 0 Å². The second kappa shape index (κ2) is 7.34. The number of hydrazine groups is 1. The molecular weight excluding hydrogens is 346 g/mol. The van der Waals surface area contributed by atoms with Crippen LogP contribution < -0.4 is 10.9 Å². The minimum absolute atomic E-state index is 0.377. The van der Waals surface area contributed by atoms with Crippen molar-refractivity contribution < 1.29 is 0 Å². The number of rotatable bonds is 5. The van der Waals surface area contributed by atoms with Gasteiger partial charge in [-0.15, -0.1) is 0 Å². The van der Waals surface area contributed by atoms with Crippen LogP contribution in [0.5, 0.6) is 0 Å². The van der Waals surface area contributed by atoms with Gasteiger partial charge in [-0.3, -0.25) is 5.01 Å². The Labute approximate surface area is 165 Å². The average Bonchev–Trinajstić information content (AvgIpc) is 3.19. The van der Waals surface area contributed by atoms with Crippen molar-refractivity contribution >= 4 is 17.5 Å². The van der Waals surface area contributed by atoms with E-state index in [1.807, 2.05) is 61.7 Å². The molecule has 1 aliphatic rings. The van der Waals surface area contributed by atoms with Gasteiger partial charge in [0.05, 0.1) is 40.9 Å². The Kier molecular flexibility index (Phi) is 4.72. The monoisotopic (exact) mass is 369 g/mol. The van der Waals surface area contributed by atoms with Gasteiger partial charge in [0, 0.05) is 0 Å². The zero-order chi connectivity index (χ0) is 19.6. The minimum atomic E-state index is -0.377. The number of nitrogens with zero attached hydrogens (tertiary/aromatic N) is 4. The number of anilines is 2. The fourth-order valence-electron chi connectivity index (χ4n) is 3.66. The quantitative estimate of drug-likeness (QED) is 0.515. The highest BCUT2D eigenvalue weighted by Crippen LogP contribution is 2.44. The maximum absolute atomic E-state index is 9.72. The lowest BCUT2D eigenvalue weighted by molar-refractivity contribution is 0.324. The van der Waals surface area contributed by atoms with Crippen LogP contribution in [-0.2, 0) is 5.41 Å². The smallest absolute Gasteiger partial charge is 0.0959 e. The van der Waals surface area contributed by atoms with Crippen LogP contribution in [0.25, 0.3) is 11.8 Å². The van der Waals surface area contributed by atoms with E-state index in [-0.39, 0.29) is 5.41 Å². The predicted molar refractivity (Wildman–Crippen MR) is 112 cm³/mol. The van der Waals surface area contributed by atoms with E-state index >= 15 is 0 Å². The lowest BCUT2D eigenvalue weighted by Crippen LogP contribution is -2.33. The van der Waals surface area contributed by atoms with Crippen LogP contribution in [0.3, 0.4) is 0 Å². The number of allylic oxidation sites excluding steroid dienone is 1. The zero-order valence-electron chi connectivity index (χ0n) is 15.9. The number of benzene rings is 2. The summed E-state index contributed by atoms with van der Waals surface area (Å²) in [5.41, 5.74) is 4.29. The first-order chi connectivity index (χ1) is 13.7. The first-order valence-electron chi connectivity index (χ1n) is 9.50. The van der Waals surface area contributed by atoms with Crippen LogP contribution in [0.4, 0.5) is 11.4 Å². The van der Waals surface area contributed by atoms with Crippen LogP contribution in [0, 0.1) is 11.3 Å². The Morgan fingerprint density at radius 2 is 2.00 bits per heavy atom. The number of nitriles is 1. The summed E-state index contributed by atoms with van der Waals surface area (Å²) in [7, 11) is 0. The summed E-state index contributed by atoms with van der Waals surface area (Å²) in [6.07, 6.45) is 10.6. The van der Waals surface area contributed by atoms with Crippen molar-refractivity contribution in [1.29, 1.82) is 5.26 Å². The van der Waals surface area contributed by atoms with Crippen molar-refractivity contribution in [2.24, 2.45) is 5.84 Å². The minimum Gasteiger partial charge on any atom is -0.276 e. The van der Waals surface area contributed by atoms with Gasteiger partial charge in [-0.05, 0) is 55.5 Å². The maximum Gasteiger partial charge on any atom is 0.0959 e. The molecule has 0 atom stereocenters. The number of para-hydroxylation sites is 1. The first kappa shape index (κ1) is 18.0. The first-order valence-corrected chi connectivity index (χ1v) is 9.50. The molecule has 0 unspecified atom stereocenters. The summed E-state index contributed by atoms with van der Waals surface area (Å²) in [6.45, 7) is 1.98. The molecule has 0 radical (unpaired) electrons. The fourth-order valence-corrected chi connectivity index (χ4v) is 3.66. The molecule has 0 amide bonds. The lowest BCUT2D eigenvalue weighted by Gasteiger charge is -2.36. The summed E-state index contributed by atoms with van der Waals surface area (Å²) in [5.74, 6) is 6.52. The molecule has 28 heavy (non-hydrogen) atoms. The van der Waals surface area contributed by atoms with Gasteiger partial charge in [0.15, 0.2) is 0 Å². The Morgan fingerprint density at radius 1 is 1.21 bits per heavy atom. The highest BCUT2D eigenvalue weighted by molar-refractivity contribution is 5.74. The van der Waals surface area contributed by atoms with Gasteiger partial charge < -0.3 is 0 Å². The Balaban J connectivity index is 1.73. The van der Waals surface area contributed by atoms with Crippen molar-refractivity contribution in [3.05, 3.63) is 78.1 Å². The summed E-state index contributed by atoms with van der Waals surface area (Å²) < 4.78 is 1.80. The molecule has 2 aromatic carbocycles. The van der Waals surface area contributed by atoms with Crippen LogP contribution in [0.1, 0.15) is 37.3 Å².